The summed E-state index contributed by atoms with van der Waals surface area (Å²) in [6.07, 6.45) is 0. The number of halogens is 1. The summed E-state index contributed by atoms with van der Waals surface area (Å²) >= 11 is 0. The maximum absolute atomic E-state index is 11.7. The third kappa shape index (κ3) is 5.91. The first-order valence-electron chi connectivity index (χ1n) is 8.06. The van der Waals surface area contributed by atoms with Crippen LogP contribution in [-0.4, -0.2) is 40.4 Å². The number of nitrogens with one attached hydrogen (secondary N) is 1. The number of carbonyl (C=O) groups excluding carboxylic acids is 1. The Labute approximate surface area is 181 Å². The number of rotatable bonds is 7. The zero-order valence-electron chi connectivity index (χ0n) is 16.1. The van der Waals surface area contributed by atoms with Crippen LogP contribution in [-0.2, 0) is 11.3 Å². The van der Waals surface area contributed by atoms with Gasteiger partial charge in [-0.2, -0.15) is 0 Å². The number of hydrogen-bond acceptors (Lipinski definition) is 6. The topological polar surface area (TPSA) is 104 Å². The number of guanidine groups is 1. The van der Waals surface area contributed by atoms with E-state index in [1.807, 2.05) is 0 Å². The summed E-state index contributed by atoms with van der Waals surface area (Å²) in [5, 5.41) is 2.99. The molecule has 152 valence electrons. The Kier molecular flexibility index (Phi) is 9.36. The van der Waals surface area contributed by atoms with Gasteiger partial charge in [0.15, 0.2) is 17.5 Å². The van der Waals surface area contributed by atoms with Gasteiger partial charge in [0.1, 0.15) is 11.3 Å². The lowest BCUT2D eigenvalue weighted by Crippen LogP contribution is -2.22. The molecule has 3 N–H and O–H groups in total. The molecule has 0 spiro atoms. The smallest absolute Gasteiger partial charge is 0.341 e. The van der Waals surface area contributed by atoms with Gasteiger partial charge in [-0.1, -0.05) is 6.07 Å². The highest BCUT2D eigenvalue weighted by Crippen LogP contribution is 2.29. The average molecular weight is 501 g/mol. The summed E-state index contributed by atoms with van der Waals surface area (Å²) in [7, 11) is 5.94. The van der Waals surface area contributed by atoms with Crippen LogP contribution in [0, 0.1) is 0 Å². The Morgan fingerprint density at radius 2 is 1.64 bits per heavy atom. The number of nitrogens with two attached hydrogens (primary N) is 1. The highest BCUT2D eigenvalue weighted by molar-refractivity contribution is 14.0. The van der Waals surface area contributed by atoms with Gasteiger partial charge in [-0.3, -0.25) is 0 Å². The quantitative estimate of drug-likeness (QED) is 0.260. The normalized spacial score (nSPS) is 10.5. The van der Waals surface area contributed by atoms with Crippen LogP contribution in [0.2, 0.25) is 0 Å². The van der Waals surface area contributed by atoms with Gasteiger partial charge >= 0.3 is 5.97 Å². The number of benzene rings is 2. The lowest BCUT2D eigenvalue weighted by molar-refractivity contribution is 0.0597. The zero-order chi connectivity index (χ0) is 19.8. The van der Waals surface area contributed by atoms with Gasteiger partial charge in [-0.05, 0) is 29.8 Å². The van der Waals surface area contributed by atoms with Crippen molar-refractivity contribution in [3.63, 3.8) is 0 Å². The predicted molar refractivity (Wildman–Crippen MR) is 118 cm³/mol. The number of esters is 1. The van der Waals surface area contributed by atoms with Crippen molar-refractivity contribution < 1.29 is 23.7 Å². The molecule has 0 aliphatic rings. The van der Waals surface area contributed by atoms with Crippen LogP contribution in [0.1, 0.15) is 15.9 Å². The monoisotopic (exact) mass is 501 g/mol. The molecule has 28 heavy (non-hydrogen) atoms. The minimum absolute atomic E-state index is 0. The van der Waals surface area contributed by atoms with Crippen molar-refractivity contribution >= 4 is 41.6 Å². The minimum Gasteiger partial charge on any atom is -0.496 e. The Balaban J connectivity index is 0.00000392. The molecule has 8 nitrogen and oxygen atoms in total. The van der Waals surface area contributed by atoms with E-state index in [2.05, 4.69) is 10.3 Å². The maximum Gasteiger partial charge on any atom is 0.341 e. The number of nitrogens with zero attached hydrogens (tertiary/aromatic N) is 1. The van der Waals surface area contributed by atoms with Crippen LogP contribution in [0.15, 0.2) is 41.4 Å². The Morgan fingerprint density at radius 1 is 0.964 bits per heavy atom. The SMILES string of the molecule is COC(=O)c1ccc(CN=C(N)Nc2ccc(OC)c(OC)c2)cc1OC.I. The second-order valence-corrected chi connectivity index (χ2v) is 5.42. The minimum atomic E-state index is -0.462. The van der Waals surface area contributed by atoms with Crippen LogP contribution in [0.4, 0.5) is 5.69 Å². The molecule has 0 aliphatic heterocycles. The molecule has 0 unspecified atom stereocenters. The van der Waals surface area contributed by atoms with E-state index < -0.39 is 5.97 Å². The number of anilines is 1. The second kappa shape index (κ2) is 11.2. The van der Waals surface area contributed by atoms with Gasteiger partial charge in [0.2, 0.25) is 0 Å². The Morgan fingerprint density at radius 3 is 2.25 bits per heavy atom. The molecule has 2 aromatic rings. The van der Waals surface area contributed by atoms with Crippen LogP contribution >= 0.6 is 24.0 Å². The lowest BCUT2D eigenvalue weighted by atomic mass is 10.1. The summed E-state index contributed by atoms with van der Waals surface area (Å²) in [6, 6.07) is 10.5. The maximum atomic E-state index is 11.7. The van der Waals surface area contributed by atoms with Crippen molar-refractivity contribution in [3.8, 4) is 17.2 Å². The first-order chi connectivity index (χ1) is 13.0. The molecule has 0 atom stereocenters. The van der Waals surface area contributed by atoms with Gasteiger partial charge in [0.25, 0.3) is 0 Å². The standard InChI is InChI=1S/C19H23N3O5.HI/c1-24-15-8-6-13(10-17(15)26-3)22-19(20)21-11-12-5-7-14(18(23)27-4)16(9-12)25-2;/h5-10H,11H2,1-4H3,(H3,20,21,22);1H. The van der Waals surface area contributed by atoms with Crippen LogP contribution in [0.3, 0.4) is 0 Å². The van der Waals surface area contributed by atoms with Crippen LogP contribution in [0.5, 0.6) is 17.2 Å². The third-order valence-corrected chi connectivity index (χ3v) is 3.76. The third-order valence-electron chi connectivity index (χ3n) is 3.76. The molecule has 2 aromatic carbocycles. The van der Waals surface area contributed by atoms with E-state index in [1.54, 1.807) is 50.6 Å². The van der Waals surface area contributed by atoms with Crippen molar-refractivity contribution in [3.05, 3.63) is 47.5 Å². The summed E-state index contributed by atoms with van der Waals surface area (Å²) in [4.78, 5) is 16.0. The molecule has 0 aliphatic carbocycles. The lowest BCUT2D eigenvalue weighted by Gasteiger charge is -2.11. The van der Waals surface area contributed by atoms with Crippen LogP contribution < -0.4 is 25.3 Å². The summed E-state index contributed by atoms with van der Waals surface area (Å²) in [6.45, 7) is 0.309. The van der Waals surface area contributed by atoms with E-state index in [4.69, 9.17) is 24.7 Å². The van der Waals surface area contributed by atoms with Gasteiger partial charge in [0.05, 0.1) is 35.0 Å². The second-order valence-electron chi connectivity index (χ2n) is 5.42. The number of hydrogen-bond donors (Lipinski definition) is 2. The van der Waals surface area contributed by atoms with Crippen molar-refractivity contribution in [1.29, 1.82) is 0 Å². The molecule has 0 saturated carbocycles. The van der Waals surface area contributed by atoms with Crippen molar-refractivity contribution in [1.82, 2.24) is 0 Å². The first-order valence-corrected chi connectivity index (χ1v) is 8.06. The number of aliphatic imine (C=N–C) groups is 1. The van der Waals surface area contributed by atoms with Gasteiger partial charge < -0.3 is 30.0 Å². The fraction of sp³-hybridized carbons (Fsp3) is 0.263. The van der Waals surface area contributed by atoms with E-state index in [-0.39, 0.29) is 29.9 Å². The predicted octanol–water partition coefficient (Wildman–Crippen LogP) is 3.04. The van der Waals surface area contributed by atoms with E-state index >= 15 is 0 Å². The van der Waals surface area contributed by atoms with Crippen LogP contribution in [0.25, 0.3) is 0 Å². The van der Waals surface area contributed by atoms with Gasteiger partial charge in [-0.25, -0.2) is 9.79 Å². The molecular weight excluding hydrogens is 477 g/mol. The molecule has 2 rings (SSSR count). The van der Waals surface area contributed by atoms with E-state index in [0.717, 1.165) is 5.56 Å². The molecule has 0 saturated heterocycles. The molecule has 0 heterocycles. The number of methoxy groups -OCH3 is 4. The molecule has 0 fully saturated rings. The van der Waals surface area contributed by atoms with E-state index in [9.17, 15) is 4.79 Å². The molecular formula is C19H24IN3O5. The molecule has 0 amide bonds. The largest absolute Gasteiger partial charge is 0.496 e. The molecule has 9 heteroatoms. The molecule has 0 aromatic heterocycles. The molecule has 0 radical (unpaired) electrons. The van der Waals surface area contributed by atoms with E-state index in [1.165, 1.54) is 14.2 Å². The summed E-state index contributed by atoms with van der Waals surface area (Å²) in [5.41, 5.74) is 7.84. The van der Waals surface area contributed by atoms with E-state index in [0.29, 0.717) is 35.0 Å². The zero-order valence-corrected chi connectivity index (χ0v) is 18.5. The summed E-state index contributed by atoms with van der Waals surface area (Å²) < 4.78 is 20.4. The first kappa shape index (κ1) is 23.3. The number of ether oxygens (including phenoxy) is 4. The van der Waals surface area contributed by atoms with Gasteiger partial charge in [-0.15, -0.1) is 24.0 Å². The fourth-order valence-electron chi connectivity index (χ4n) is 2.39. The van der Waals surface area contributed by atoms with Crippen molar-refractivity contribution in [2.75, 3.05) is 33.8 Å². The molecule has 0 bridgehead atoms. The highest BCUT2D eigenvalue weighted by Gasteiger charge is 2.13. The Hall–Kier alpha value is -2.69. The highest BCUT2D eigenvalue weighted by atomic mass is 127. The van der Waals surface area contributed by atoms with Gasteiger partial charge in [0, 0.05) is 11.8 Å². The van der Waals surface area contributed by atoms with Crippen molar-refractivity contribution in [2.24, 2.45) is 10.7 Å². The average Bonchev–Trinajstić information content (AvgIpc) is 2.71. The number of carbonyl (C=O) groups is 1. The summed E-state index contributed by atoms with van der Waals surface area (Å²) in [5.74, 6) is 1.39. The Bertz CT molecular complexity index is 842. The van der Waals surface area contributed by atoms with Crippen molar-refractivity contribution in [2.45, 2.75) is 6.54 Å². The fourth-order valence-corrected chi connectivity index (χ4v) is 2.39.